The fourth-order valence-electron chi connectivity index (χ4n) is 0.812. The predicted octanol–water partition coefficient (Wildman–Crippen LogP) is 1.03. The van der Waals surface area contributed by atoms with Crippen molar-refractivity contribution < 1.29 is 18.3 Å². The molecule has 0 atom stereocenters. The standard InChI is InChI=1S/C7H12F3NO/c1-2-3-11(4-5-12)6-7(8,9)10/h2,12H,1,3-6H2. The molecule has 2 nitrogen and oxygen atoms in total. The van der Waals surface area contributed by atoms with Gasteiger partial charge in [-0.15, -0.1) is 6.58 Å². The fourth-order valence-corrected chi connectivity index (χ4v) is 0.812. The molecule has 0 radical (unpaired) electrons. The maximum Gasteiger partial charge on any atom is 0.401 e. The van der Waals surface area contributed by atoms with Gasteiger partial charge in [0.05, 0.1) is 13.2 Å². The molecule has 0 aliphatic rings. The number of alkyl halides is 3. The molecular weight excluding hydrogens is 171 g/mol. The molecule has 0 bridgehead atoms. The molecule has 0 aromatic heterocycles. The summed E-state index contributed by atoms with van der Waals surface area (Å²) < 4.78 is 35.4. The average molecular weight is 183 g/mol. The van der Waals surface area contributed by atoms with Crippen LogP contribution in [-0.2, 0) is 0 Å². The van der Waals surface area contributed by atoms with Crippen LogP contribution in [0.3, 0.4) is 0 Å². The molecule has 1 N–H and O–H groups in total. The van der Waals surface area contributed by atoms with Gasteiger partial charge in [-0.25, -0.2) is 0 Å². The van der Waals surface area contributed by atoms with E-state index in [0.717, 1.165) is 4.90 Å². The Morgan fingerprint density at radius 1 is 1.42 bits per heavy atom. The topological polar surface area (TPSA) is 23.5 Å². The van der Waals surface area contributed by atoms with Gasteiger partial charge in [-0.2, -0.15) is 13.2 Å². The van der Waals surface area contributed by atoms with Crippen molar-refractivity contribution in [2.24, 2.45) is 0 Å². The van der Waals surface area contributed by atoms with Gasteiger partial charge in [-0.1, -0.05) is 6.08 Å². The average Bonchev–Trinajstić information content (AvgIpc) is 1.84. The van der Waals surface area contributed by atoms with Gasteiger partial charge >= 0.3 is 6.18 Å². The Morgan fingerprint density at radius 3 is 2.33 bits per heavy atom. The molecule has 72 valence electrons. The van der Waals surface area contributed by atoms with E-state index in [9.17, 15) is 13.2 Å². The first kappa shape index (κ1) is 11.4. The maximum atomic E-state index is 11.8. The molecule has 0 saturated carbocycles. The van der Waals surface area contributed by atoms with Crippen LogP contribution in [0, 0.1) is 0 Å². The summed E-state index contributed by atoms with van der Waals surface area (Å²) in [5, 5.41) is 8.42. The van der Waals surface area contributed by atoms with E-state index in [1.807, 2.05) is 0 Å². The van der Waals surface area contributed by atoms with E-state index in [-0.39, 0.29) is 19.7 Å². The van der Waals surface area contributed by atoms with Crippen LogP contribution in [0.2, 0.25) is 0 Å². The minimum atomic E-state index is -4.21. The van der Waals surface area contributed by atoms with Gasteiger partial charge in [-0.3, -0.25) is 4.90 Å². The summed E-state index contributed by atoms with van der Waals surface area (Å²) in [6, 6.07) is 0. The zero-order chi connectivity index (χ0) is 9.61. The number of hydrogen-bond donors (Lipinski definition) is 1. The highest BCUT2D eigenvalue weighted by Crippen LogP contribution is 2.15. The van der Waals surface area contributed by atoms with E-state index >= 15 is 0 Å². The van der Waals surface area contributed by atoms with Crippen LogP contribution in [0.1, 0.15) is 0 Å². The Bertz CT molecular complexity index is 135. The largest absolute Gasteiger partial charge is 0.401 e. The predicted molar refractivity (Wildman–Crippen MR) is 39.8 cm³/mol. The first-order valence-electron chi connectivity index (χ1n) is 3.50. The molecular formula is C7H12F3NO. The lowest BCUT2D eigenvalue weighted by atomic mass is 10.4. The van der Waals surface area contributed by atoms with Crippen molar-refractivity contribution in [2.75, 3.05) is 26.2 Å². The van der Waals surface area contributed by atoms with E-state index < -0.39 is 12.7 Å². The summed E-state index contributed by atoms with van der Waals surface area (Å²) in [6.45, 7) is 2.21. The molecule has 0 spiro atoms. The van der Waals surface area contributed by atoms with E-state index in [2.05, 4.69) is 6.58 Å². The molecule has 0 saturated heterocycles. The zero-order valence-corrected chi connectivity index (χ0v) is 6.64. The molecule has 0 fully saturated rings. The molecule has 0 amide bonds. The highest BCUT2D eigenvalue weighted by Gasteiger charge is 2.29. The first-order chi connectivity index (χ1) is 5.49. The Balaban J connectivity index is 3.85. The molecule has 0 rings (SSSR count). The van der Waals surface area contributed by atoms with E-state index in [0.29, 0.717) is 0 Å². The van der Waals surface area contributed by atoms with Crippen LogP contribution in [0.15, 0.2) is 12.7 Å². The fraction of sp³-hybridized carbons (Fsp3) is 0.714. The minimum absolute atomic E-state index is 0.0194. The number of nitrogens with zero attached hydrogens (tertiary/aromatic N) is 1. The highest BCUT2D eigenvalue weighted by molar-refractivity contribution is 4.74. The third kappa shape index (κ3) is 6.18. The first-order valence-corrected chi connectivity index (χ1v) is 3.50. The number of aliphatic hydroxyl groups is 1. The van der Waals surface area contributed by atoms with Crippen LogP contribution < -0.4 is 0 Å². The summed E-state index contributed by atoms with van der Waals surface area (Å²) >= 11 is 0. The second-order valence-corrected chi connectivity index (χ2v) is 2.36. The van der Waals surface area contributed by atoms with Crippen molar-refractivity contribution in [3.05, 3.63) is 12.7 Å². The number of rotatable bonds is 5. The molecule has 0 aliphatic heterocycles. The monoisotopic (exact) mass is 183 g/mol. The summed E-state index contributed by atoms with van der Waals surface area (Å²) in [7, 11) is 0. The van der Waals surface area contributed by atoms with Crippen molar-refractivity contribution in [2.45, 2.75) is 6.18 Å². The van der Waals surface area contributed by atoms with E-state index in [1.165, 1.54) is 6.08 Å². The van der Waals surface area contributed by atoms with Crippen LogP contribution in [0.5, 0.6) is 0 Å². The molecule has 0 aromatic rings. The zero-order valence-electron chi connectivity index (χ0n) is 6.64. The smallest absolute Gasteiger partial charge is 0.395 e. The van der Waals surface area contributed by atoms with Crippen molar-refractivity contribution >= 4 is 0 Å². The molecule has 0 heterocycles. The number of hydrogen-bond acceptors (Lipinski definition) is 2. The van der Waals surface area contributed by atoms with Gasteiger partial charge in [0.15, 0.2) is 0 Å². The van der Waals surface area contributed by atoms with Crippen LogP contribution in [0.25, 0.3) is 0 Å². The second kappa shape index (κ2) is 5.16. The van der Waals surface area contributed by atoms with Crippen molar-refractivity contribution in [1.82, 2.24) is 4.90 Å². The Hall–Kier alpha value is -0.550. The van der Waals surface area contributed by atoms with Gasteiger partial charge in [0.2, 0.25) is 0 Å². The normalized spacial score (nSPS) is 12.1. The van der Waals surface area contributed by atoms with Crippen molar-refractivity contribution in [3.63, 3.8) is 0 Å². The van der Waals surface area contributed by atoms with Crippen LogP contribution >= 0.6 is 0 Å². The van der Waals surface area contributed by atoms with Gasteiger partial charge in [0.25, 0.3) is 0 Å². The lowest BCUT2D eigenvalue weighted by Gasteiger charge is -2.20. The molecule has 0 aromatic carbocycles. The summed E-state index contributed by atoms with van der Waals surface area (Å²) in [5.41, 5.74) is 0. The Morgan fingerprint density at radius 2 is 2.00 bits per heavy atom. The van der Waals surface area contributed by atoms with Crippen molar-refractivity contribution in [3.8, 4) is 0 Å². The molecule has 12 heavy (non-hydrogen) atoms. The van der Waals surface area contributed by atoms with Gasteiger partial charge < -0.3 is 5.11 Å². The van der Waals surface area contributed by atoms with Gasteiger partial charge in [-0.05, 0) is 0 Å². The van der Waals surface area contributed by atoms with Crippen LogP contribution in [0.4, 0.5) is 13.2 Å². The number of halogens is 3. The maximum absolute atomic E-state index is 11.8. The quantitative estimate of drug-likeness (QED) is 0.643. The Kier molecular flexibility index (Phi) is 4.92. The van der Waals surface area contributed by atoms with E-state index in [1.54, 1.807) is 0 Å². The molecule has 5 heteroatoms. The third-order valence-electron chi connectivity index (χ3n) is 1.21. The van der Waals surface area contributed by atoms with Crippen LogP contribution in [-0.4, -0.2) is 42.4 Å². The lowest BCUT2D eigenvalue weighted by Crippen LogP contribution is -2.36. The Labute approximate surface area is 69.3 Å². The highest BCUT2D eigenvalue weighted by atomic mass is 19.4. The molecule has 0 aliphatic carbocycles. The molecule has 0 unspecified atom stereocenters. The van der Waals surface area contributed by atoms with E-state index in [4.69, 9.17) is 5.11 Å². The van der Waals surface area contributed by atoms with Gasteiger partial charge in [0, 0.05) is 13.1 Å². The lowest BCUT2D eigenvalue weighted by molar-refractivity contribution is -0.145. The summed E-state index contributed by atoms with van der Waals surface area (Å²) in [6.07, 6.45) is -2.83. The minimum Gasteiger partial charge on any atom is -0.395 e. The number of aliphatic hydroxyl groups excluding tert-OH is 1. The summed E-state index contributed by atoms with van der Waals surface area (Å²) in [4.78, 5) is 1.08. The summed E-state index contributed by atoms with van der Waals surface area (Å²) in [5.74, 6) is 0. The van der Waals surface area contributed by atoms with Gasteiger partial charge in [0.1, 0.15) is 0 Å². The van der Waals surface area contributed by atoms with Crippen molar-refractivity contribution in [1.29, 1.82) is 0 Å². The SMILES string of the molecule is C=CCN(CCO)CC(F)(F)F. The second-order valence-electron chi connectivity index (χ2n) is 2.36. The third-order valence-corrected chi connectivity index (χ3v) is 1.21.